The largest absolute Gasteiger partial charge is 0.501 e. The van der Waals surface area contributed by atoms with E-state index in [2.05, 4.69) is 41.3 Å². The number of ether oxygens (including phenoxy) is 1. The molecule has 0 saturated heterocycles. The Hall–Kier alpha value is -2.48. The van der Waals surface area contributed by atoms with Crippen molar-refractivity contribution in [1.29, 1.82) is 0 Å². The number of carbonyl (C=O) groups excluding carboxylic acids is 2. The molecule has 1 aliphatic heterocycles. The average Bonchev–Trinajstić information content (AvgIpc) is 2.95. The number of aliphatic imine (C=N–C) groups is 1. The van der Waals surface area contributed by atoms with Crippen molar-refractivity contribution in [3.63, 3.8) is 0 Å². The molecule has 0 spiro atoms. The van der Waals surface area contributed by atoms with E-state index in [0.29, 0.717) is 18.2 Å². The molecule has 40 heavy (non-hydrogen) atoms. The molecule has 0 radical (unpaired) electrons. The minimum atomic E-state index is 0.252. The van der Waals surface area contributed by atoms with E-state index in [1.165, 1.54) is 36.6 Å². The molecule has 7 heteroatoms. The molecule has 0 atom stereocenters. The van der Waals surface area contributed by atoms with Crippen LogP contribution in [-0.4, -0.2) is 68.1 Å². The maximum Gasteiger partial charge on any atom is 0.218 e. The van der Waals surface area contributed by atoms with Crippen LogP contribution >= 0.6 is 11.8 Å². The minimum absolute atomic E-state index is 0.252. The molecule has 0 unspecified atom stereocenters. The van der Waals surface area contributed by atoms with Crippen molar-refractivity contribution in [3.8, 4) is 0 Å². The number of rotatable bonds is 10. The molecule has 224 valence electrons. The summed E-state index contributed by atoms with van der Waals surface area (Å²) in [6, 6.07) is 10.3. The molecule has 0 aromatic heterocycles. The predicted octanol–water partition coefficient (Wildman–Crippen LogP) is 7.16. The van der Waals surface area contributed by atoms with Crippen molar-refractivity contribution < 1.29 is 14.3 Å². The summed E-state index contributed by atoms with van der Waals surface area (Å²) in [6.07, 6.45) is 11.8. The molecule has 1 fully saturated rings. The fraction of sp³-hybridized carbons (Fsp3) is 0.545. The third kappa shape index (κ3) is 16.6. The first-order chi connectivity index (χ1) is 19.4. The van der Waals surface area contributed by atoms with Gasteiger partial charge in [-0.1, -0.05) is 80.1 Å². The van der Waals surface area contributed by atoms with Gasteiger partial charge in [-0.25, -0.2) is 0 Å². The number of thioether (sulfide) groups is 1. The third-order valence-corrected chi connectivity index (χ3v) is 7.45. The van der Waals surface area contributed by atoms with Crippen LogP contribution in [0.5, 0.6) is 0 Å². The molecule has 0 amide bonds. The molecule has 2 aliphatic rings. The zero-order chi connectivity index (χ0) is 30.2. The number of likely N-dealkylation sites (N-methyl/N-ethyl adjacent to an activating group) is 1. The van der Waals surface area contributed by atoms with Gasteiger partial charge in [0.05, 0.1) is 18.6 Å². The lowest BCUT2D eigenvalue weighted by molar-refractivity contribution is -0.108. The van der Waals surface area contributed by atoms with E-state index in [-0.39, 0.29) is 5.12 Å². The highest BCUT2D eigenvalue weighted by Gasteiger charge is 2.27. The number of nitrogens with one attached hydrogen (secondary N) is 1. The van der Waals surface area contributed by atoms with Gasteiger partial charge in [-0.2, -0.15) is 0 Å². The molecular weight excluding hydrogens is 518 g/mol. The first-order valence-electron chi connectivity index (χ1n) is 14.5. The van der Waals surface area contributed by atoms with Crippen molar-refractivity contribution in [2.24, 2.45) is 4.99 Å². The molecule has 0 bridgehead atoms. The smallest absolute Gasteiger partial charge is 0.218 e. The Morgan fingerprint density at radius 1 is 1.20 bits per heavy atom. The lowest BCUT2D eigenvalue weighted by Gasteiger charge is -2.28. The normalized spacial score (nSPS) is 16.0. The molecule has 6 nitrogen and oxygen atoms in total. The SMILES string of the molecule is C/C=C\C(CNCCC=O)=C(/C)OC.CC.CC=NC1=C(C(=O)SC2CCC2)CN(C)CC1.Cc1ccccc1. The summed E-state index contributed by atoms with van der Waals surface area (Å²) in [6.45, 7) is 15.1. The Kier molecular flexibility index (Phi) is 22.8. The van der Waals surface area contributed by atoms with Crippen LogP contribution in [0.4, 0.5) is 0 Å². The summed E-state index contributed by atoms with van der Waals surface area (Å²) in [5.74, 6) is 0.904. The standard InChI is InChI=1S/C13H20N2OS.C11H19NO2.C7H8.C2H6/c1-3-14-12-7-8-15(2)9-11(12)13(16)17-10-5-4-6-10;1-4-6-11(10(2)14-3)9-12-7-5-8-13;1-7-5-3-2-4-6-7;1-2/h3,10H,4-9H2,1-2H3;4,6,8,12H,5,7,9H2,1-3H3;2-6H,1H3;1-2H3/b;6-4-,11-10-;;. The van der Waals surface area contributed by atoms with E-state index in [9.17, 15) is 9.59 Å². The Labute approximate surface area is 248 Å². The quantitative estimate of drug-likeness (QED) is 0.106. The van der Waals surface area contributed by atoms with Crippen LogP contribution in [0.15, 0.2) is 70.1 Å². The molecule has 3 rings (SSSR count). The van der Waals surface area contributed by atoms with Gasteiger partial charge in [-0.05, 0) is 47.6 Å². The molecule has 1 aromatic rings. The van der Waals surface area contributed by atoms with Crippen LogP contribution in [0.1, 0.15) is 72.3 Å². The van der Waals surface area contributed by atoms with Gasteiger partial charge < -0.3 is 19.7 Å². The maximum absolute atomic E-state index is 12.2. The summed E-state index contributed by atoms with van der Waals surface area (Å²) >= 11 is 1.53. The van der Waals surface area contributed by atoms with E-state index in [4.69, 9.17) is 4.74 Å². The zero-order valence-electron chi connectivity index (χ0n) is 26.2. The second kappa shape index (κ2) is 24.3. The second-order valence-corrected chi connectivity index (χ2v) is 10.6. The van der Waals surface area contributed by atoms with Gasteiger partial charge in [-0.15, -0.1) is 0 Å². The number of hydrogen-bond donors (Lipinski definition) is 1. The number of nitrogens with zero attached hydrogens (tertiary/aromatic N) is 2. The number of carbonyl (C=O) groups is 2. The number of benzene rings is 1. The van der Waals surface area contributed by atoms with Gasteiger partial charge in [-0.3, -0.25) is 9.79 Å². The minimum Gasteiger partial charge on any atom is -0.501 e. The van der Waals surface area contributed by atoms with Crippen LogP contribution < -0.4 is 5.32 Å². The van der Waals surface area contributed by atoms with Crippen LogP contribution in [0.3, 0.4) is 0 Å². The first-order valence-corrected chi connectivity index (χ1v) is 15.4. The van der Waals surface area contributed by atoms with Gasteiger partial charge >= 0.3 is 0 Å². The van der Waals surface area contributed by atoms with E-state index in [0.717, 1.165) is 54.9 Å². The van der Waals surface area contributed by atoms with Crippen LogP contribution in [-0.2, 0) is 14.3 Å². The number of aryl methyl sites for hydroxylation is 1. The summed E-state index contributed by atoms with van der Waals surface area (Å²) in [5, 5.41) is 3.98. The van der Waals surface area contributed by atoms with Crippen molar-refractivity contribution >= 4 is 29.4 Å². The number of allylic oxidation sites excluding steroid dienone is 2. The molecule has 1 aliphatic carbocycles. The van der Waals surface area contributed by atoms with E-state index in [1.54, 1.807) is 13.3 Å². The van der Waals surface area contributed by atoms with E-state index in [1.807, 2.05) is 65.0 Å². The molecule has 1 heterocycles. The van der Waals surface area contributed by atoms with Gasteiger partial charge in [0.25, 0.3) is 0 Å². The van der Waals surface area contributed by atoms with E-state index >= 15 is 0 Å². The van der Waals surface area contributed by atoms with Gasteiger partial charge in [0, 0.05) is 61.6 Å². The van der Waals surface area contributed by atoms with Gasteiger partial charge in [0.2, 0.25) is 5.12 Å². The molecule has 1 aromatic carbocycles. The zero-order valence-corrected chi connectivity index (χ0v) is 27.0. The first kappa shape index (κ1) is 37.5. The Morgan fingerprint density at radius 3 is 2.35 bits per heavy atom. The maximum atomic E-state index is 12.2. The lowest BCUT2D eigenvalue weighted by atomic mass is 10.00. The Bertz CT molecular complexity index is 951. The summed E-state index contributed by atoms with van der Waals surface area (Å²) in [4.78, 5) is 28.9. The number of aldehydes is 1. The fourth-order valence-electron chi connectivity index (χ4n) is 3.63. The van der Waals surface area contributed by atoms with E-state index < -0.39 is 0 Å². The highest BCUT2D eigenvalue weighted by molar-refractivity contribution is 8.14. The van der Waals surface area contributed by atoms with Gasteiger partial charge in [0.1, 0.15) is 6.29 Å². The monoisotopic (exact) mass is 571 g/mol. The summed E-state index contributed by atoms with van der Waals surface area (Å²) in [7, 11) is 3.72. The van der Waals surface area contributed by atoms with Crippen molar-refractivity contribution in [2.75, 3.05) is 40.3 Å². The van der Waals surface area contributed by atoms with Crippen molar-refractivity contribution in [1.82, 2.24) is 10.2 Å². The fourth-order valence-corrected chi connectivity index (χ4v) is 4.83. The highest BCUT2D eigenvalue weighted by Crippen LogP contribution is 2.34. The lowest BCUT2D eigenvalue weighted by Crippen LogP contribution is -2.31. The summed E-state index contributed by atoms with van der Waals surface area (Å²) in [5.41, 5.74) is 4.36. The molecule has 1 saturated carbocycles. The highest BCUT2D eigenvalue weighted by atomic mass is 32.2. The van der Waals surface area contributed by atoms with Crippen molar-refractivity contribution in [3.05, 3.63) is 70.6 Å². The average molecular weight is 572 g/mol. The van der Waals surface area contributed by atoms with Crippen molar-refractivity contribution in [2.45, 2.75) is 78.9 Å². The van der Waals surface area contributed by atoms with Crippen LogP contribution in [0.2, 0.25) is 0 Å². The summed E-state index contributed by atoms with van der Waals surface area (Å²) < 4.78 is 5.14. The van der Waals surface area contributed by atoms with Crippen LogP contribution in [0, 0.1) is 6.92 Å². The molecule has 1 N–H and O–H groups in total. The topological polar surface area (TPSA) is 71.0 Å². The molecular formula is C33H53N3O3S. The number of hydrogen-bond acceptors (Lipinski definition) is 7. The predicted molar refractivity (Wildman–Crippen MR) is 174 cm³/mol. The Morgan fingerprint density at radius 2 is 1.88 bits per heavy atom. The third-order valence-electron chi connectivity index (χ3n) is 6.19. The number of methoxy groups -OCH3 is 1. The second-order valence-electron chi connectivity index (χ2n) is 9.33. The van der Waals surface area contributed by atoms with Crippen LogP contribution in [0.25, 0.3) is 0 Å². The van der Waals surface area contributed by atoms with Gasteiger partial charge in [0.15, 0.2) is 0 Å². The Balaban J connectivity index is 0.000000593.